The van der Waals surface area contributed by atoms with Gasteiger partial charge in [-0.25, -0.2) is 14.4 Å². The molecule has 0 radical (unpaired) electrons. The number of rotatable bonds is 10. The summed E-state index contributed by atoms with van der Waals surface area (Å²) in [7, 11) is 0. The van der Waals surface area contributed by atoms with Gasteiger partial charge in [0.15, 0.2) is 0 Å². The van der Waals surface area contributed by atoms with E-state index in [2.05, 4.69) is 0 Å². The maximum atomic E-state index is 12.3. The molecule has 0 aliphatic rings. The van der Waals surface area contributed by atoms with Crippen molar-refractivity contribution in [3.8, 4) is 0 Å². The van der Waals surface area contributed by atoms with Crippen molar-refractivity contribution in [2.24, 2.45) is 0 Å². The number of anilines is 3. The SMILES string of the molecule is O=C(O)N(CCC(CCN(C(=O)O)c1ccccc1)N(C(=O)O)c1ccccc1)c1ccccc1. The Kier molecular flexibility index (Phi) is 8.66. The topological polar surface area (TPSA) is 122 Å². The zero-order chi connectivity index (χ0) is 25.2. The molecule has 0 saturated carbocycles. The monoisotopic (exact) mass is 477 g/mol. The van der Waals surface area contributed by atoms with Gasteiger partial charge in [-0.15, -0.1) is 0 Å². The van der Waals surface area contributed by atoms with Gasteiger partial charge in [0, 0.05) is 36.2 Å². The number of benzene rings is 3. The normalized spacial score (nSPS) is 10.5. The van der Waals surface area contributed by atoms with Crippen molar-refractivity contribution in [1.29, 1.82) is 0 Å². The van der Waals surface area contributed by atoms with Crippen LogP contribution in [0.1, 0.15) is 12.8 Å². The molecule has 3 amide bonds. The third-order valence-electron chi connectivity index (χ3n) is 5.57. The van der Waals surface area contributed by atoms with Gasteiger partial charge in [-0.05, 0) is 49.2 Å². The van der Waals surface area contributed by atoms with Gasteiger partial charge in [0.05, 0.1) is 0 Å². The Hall–Kier alpha value is -4.53. The highest BCUT2D eigenvalue weighted by atomic mass is 16.4. The predicted molar refractivity (Wildman–Crippen MR) is 134 cm³/mol. The van der Waals surface area contributed by atoms with Crippen molar-refractivity contribution < 1.29 is 29.7 Å². The van der Waals surface area contributed by atoms with E-state index < -0.39 is 24.3 Å². The van der Waals surface area contributed by atoms with Crippen LogP contribution in [0.2, 0.25) is 0 Å². The molecular formula is C26H27N3O6. The summed E-state index contributed by atoms with van der Waals surface area (Å²) >= 11 is 0. The van der Waals surface area contributed by atoms with E-state index in [-0.39, 0.29) is 25.9 Å². The number of hydrogen-bond acceptors (Lipinski definition) is 3. The van der Waals surface area contributed by atoms with E-state index in [9.17, 15) is 29.7 Å². The molecule has 0 bridgehead atoms. The predicted octanol–water partition coefficient (Wildman–Crippen LogP) is 5.69. The summed E-state index contributed by atoms with van der Waals surface area (Å²) < 4.78 is 0. The van der Waals surface area contributed by atoms with Gasteiger partial charge in [-0.1, -0.05) is 54.6 Å². The van der Waals surface area contributed by atoms with Crippen LogP contribution in [0.4, 0.5) is 31.4 Å². The van der Waals surface area contributed by atoms with Crippen LogP contribution in [0.25, 0.3) is 0 Å². The second-order valence-corrected chi connectivity index (χ2v) is 7.76. The molecule has 0 saturated heterocycles. The van der Waals surface area contributed by atoms with Gasteiger partial charge >= 0.3 is 18.3 Å². The van der Waals surface area contributed by atoms with Crippen LogP contribution in [0.15, 0.2) is 91.0 Å². The number of hydrogen-bond donors (Lipinski definition) is 3. The minimum Gasteiger partial charge on any atom is -0.465 e. The van der Waals surface area contributed by atoms with Crippen molar-refractivity contribution in [3.63, 3.8) is 0 Å². The standard InChI is InChI=1S/C26H27N3O6/c30-24(31)27(20-10-4-1-5-11-20)18-16-23(29(26(34)35)22-14-8-3-9-15-22)17-19-28(25(32)33)21-12-6-2-7-13-21/h1-15,23H,16-19H2,(H,30,31)(H,32,33)(H,34,35). The number of carboxylic acid groups (broad SMARTS) is 3. The molecule has 0 heterocycles. The van der Waals surface area contributed by atoms with Gasteiger partial charge in [0.25, 0.3) is 0 Å². The Morgan fingerprint density at radius 2 is 0.886 bits per heavy atom. The lowest BCUT2D eigenvalue weighted by atomic mass is 10.1. The first kappa shape index (κ1) is 25.1. The third kappa shape index (κ3) is 6.73. The Balaban J connectivity index is 1.88. The molecule has 3 aromatic carbocycles. The van der Waals surface area contributed by atoms with Crippen molar-refractivity contribution in [3.05, 3.63) is 91.0 Å². The van der Waals surface area contributed by atoms with Crippen LogP contribution in [0, 0.1) is 0 Å². The third-order valence-corrected chi connectivity index (χ3v) is 5.57. The fourth-order valence-electron chi connectivity index (χ4n) is 3.91. The lowest BCUT2D eigenvalue weighted by Crippen LogP contribution is -2.45. The molecule has 182 valence electrons. The molecule has 0 spiro atoms. The van der Waals surface area contributed by atoms with Crippen molar-refractivity contribution in [2.75, 3.05) is 27.8 Å². The molecule has 0 atom stereocenters. The van der Waals surface area contributed by atoms with Crippen molar-refractivity contribution in [2.45, 2.75) is 18.9 Å². The maximum Gasteiger partial charge on any atom is 0.412 e. The van der Waals surface area contributed by atoms with Crippen LogP contribution in [-0.2, 0) is 0 Å². The summed E-state index contributed by atoms with van der Waals surface area (Å²) in [6, 6.07) is 24.9. The highest BCUT2D eigenvalue weighted by Crippen LogP contribution is 2.24. The molecule has 9 nitrogen and oxygen atoms in total. The Labute approximate surface area is 203 Å². The fourth-order valence-corrected chi connectivity index (χ4v) is 3.91. The summed E-state index contributed by atoms with van der Waals surface area (Å²) in [6.07, 6.45) is -3.21. The Morgan fingerprint density at radius 1 is 0.543 bits per heavy atom. The first-order chi connectivity index (χ1) is 16.9. The van der Waals surface area contributed by atoms with Crippen molar-refractivity contribution >= 4 is 35.3 Å². The first-order valence-corrected chi connectivity index (χ1v) is 11.1. The van der Waals surface area contributed by atoms with Gasteiger partial charge < -0.3 is 15.3 Å². The summed E-state index contributed by atoms with van der Waals surface area (Å²) in [4.78, 5) is 39.7. The number of nitrogens with zero attached hydrogens (tertiary/aromatic N) is 3. The van der Waals surface area contributed by atoms with Gasteiger partial charge in [0.2, 0.25) is 0 Å². The molecular weight excluding hydrogens is 450 g/mol. The van der Waals surface area contributed by atoms with E-state index in [1.165, 1.54) is 4.90 Å². The second kappa shape index (κ2) is 12.1. The molecule has 3 aromatic rings. The molecule has 3 rings (SSSR count). The van der Waals surface area contributed by atoms with Crippen LogP contribution in [0.3, 0.4) is 0 Å². The van der Waals surface area contributed by atoms with Crippen LogP contribution < -0.4 is 14.7 Å². The summed E-state index contributed by atoms with van der Waals surface area (Å²) in [5.74, 6) is 0. The quantitative estimate of drug-likeness (QED) is 0.345. The largest absolute Gasteiger partial charge is 0.465 e. The molecule has 0 fully saturated rings. The minimum absolute atomic E-state index is 0.0268. The van der Waals surface area contributed by atoms with E-state index >= 15 is 0 Å². The van der Waals surface area contributed by atoms with E-state index in [1.807, 2.05) is 0 Å². The van der Waals surface area contributed by atoms with Crippen LogP contribution in [0.5, 0.6) is 0 Å². The average Bonchev–Trinajstić information content (AvgIpc) is 2.85. The molecule has 35 heavy (non-hydrogen) atoms. The summed E-state index contributed by atoms with van der Waals surface area (Å²) in [6.45, 7) is 0.0536. The van der Waals surface area contributed by atoms with E-state index in [1.54, 1.807) is 91.0 Å². The van der Waals surface area contributed by atoms with E-state index in [0.717, 1.165) is 9.80 Å². The highest BCUT2D eigenvalue weighted by Gasteiger charge is 2.28. The van der Waals surface area contributed by atoms with Crippen LogP contribution >= 0.6 is 0 Å². The minimum atomic E-state index is -1.20. The molecule has 0 aliphatic heterocycles. The second-order valence-electron chi connectivity index (χ2n) is 7.76. The van der Waals surface area contributed by atoms with Gasteiger partial charge in [0.1, 0.15) is 0 Å². The smallest absolute Gasteiger partial charge is 0.412 e. The lowest BCUT2D eigenvalue weighted by Gasteiger charge is -2.32. The Bertz CT molecular complexity index is 1050. The summed E-state index contributed by atoms with van der Waals surface area (Å²) in [5, 5.41) is 29.6. The molecule has 3 N–H and O–H groups in total. The van der Waals surface area contributed by atoms with Crippen LogP contribution in [-0.4, -0.2) is 52.7 Å². The maximum absolute atomic E-state index is 12.3. The number of amides is 3. The summed E-state index contributed by atoms with van der Waals surface area (Å²) in [5.41, 5.74) is 1.36. The highest BCUT2D eigenvalue weighted by molar-refractivity contribution is 5.88. The lowest BCUT2D eigenvalue weighted by molar-refractivity contribution is 0.197. The number of para-hydroxylation sites is 3. The zero-order valence-corrected chi connectivity index (χ0v) is 19.0. The molecule has 9 heteroatoms. The fraction of sp³-hybridized carbons (Fsp3) is 0.192. The first-order valence-electron chi connectivity index (χ1n) is 11.1. The molecule has 0 aliphatic carbocycles. The van der Waals surface area contributed by atoms with Crippen molar-refractivity contribution in [1.82, 2.24) is 0 Å². The van der Waals surface area contributed by atoms with Gasteiger partial charge in [-0.2, -0.15) is 0 Å². The average molecular weight is 478 g/mol. The Morgan fingerprint density at radius 3 is 1.20 bits per heavy atom. The van der Waals surface area contributed by atoms with Gasteiger partial charge in [-0.3, -0.25) is 14.7 Å². The zero-order valence-electron chi connectivity index (χ0n) is 19.0. The molecule has 0 aromatic heterocycles. The van der Waals surface area contributed by atoms with E-state index in [0.29, 0.717) is 17.1 Å². The van der Waals surface area contributed by atoms with E-state index in [4.69, 9.17) is 0 Å². The number of carbonyl (C=O) groups is 3. The molecule has 0 unspecified atom stereocenters.